The van der Waals surface area contributed by atoms with Gasteiger partial charge in [0.1, 0.15) is 11.3 Å². The minimum absolute atomic E-state index is 0. The normalized spacial score (nSPS) is 18.9. The van der Waals surface area contributed by atoms with E-state index in [0.29, 0.717) is 12.5 Å². The maximum Gasteiger partial charge on any atom is 0.220 e. The Morgan fingerprint density at radius 3 is 3.00 bits per heavy atom. The number of halogens is 1. The second-order valence-corrected chi connectivity index (χ2v) is 5.81. The molecule has 1 aliphatic rings. The van der Waals surface area contributed by atoms with Crippen molar-refractivity contribution >= 4 is 29.3 Å². The Labute approximate surface area is 137 Å². The van der Waals surface area contributed by atoms with Crippen molar-refractivity contribution < 1.29 is 9.21 Å². The number of para-hydroxylation sites is 1. The third-order valence-corrected chi connectivity index (χ3v) is 4.13. The first kappa shape index (κ1) is 16.8. The second kappa shape index (κ2) is 7.65. The van der Waals surface area contributed by atoms with E-state index in [-0.39, 0.29) is 24.4 Å². The SMILES string of the molecule is CC(NC(=O)CCC1CCCN1)c1cc2ccccc2o1.Cl. The maximum absolute atomic E-state index is 12.0. The third-order valence-electron chi connectivity index (χ3n) is 4.13. The van der Waals surface area contributed by atoms with Gasteiger partial charge in [-0.1, -0.05) is 18.2 Å². The van der Waals surface area contributed by atoms with Crippen LogP contribution in [-0.4, -0.2) is 18.5 Å². The van der Waals surface area contributed by atoms with E-state index < -0.39 is 0 Å². The minimum Gasteiger partial charge on any atom is -0.459 e. The van der Waals surface area contributed by atoms with Gasteiger partial charge < -0.3 is 15.1 Å². The second-order valence-electron chi connectivity index (χ2n) is 5.81. The van der Waals surface area contributed by atoms with Crippen molar-refractivity contribution in [3.63, 3.8) is 0 Å². The molecule has 3 rings (SSSR count). The Bertz CT molecular complexity index is 587. The van der Waals surface area contributed by atoms with Gasteiger partial charge in [-0.25, -0.2) is 0 Å². The zero-order valence-corrected chi connectivity index (χ0v) is 13.6. The Morgan fingerprint density at radius 1 is 1.45 bits per heavy atom. The standard InChI is InChI=1S/C17H22N2O2.ClH/c1-12(16-11-13-5-2-3-7-15(13)21-16)19-17(20)9-8-14-6-4-10-18-14;/h2-3,5,7,11-12,14,18H,4,6,8-10H2,1H3,(H,19,20);1H. The zero-order valence-electron chi connectivity index (χ0n) is 12.8. The molecule has 0 radical (unpaired) electrons. The lowest BCUT2D eigenvalue weighted by atomic mass is 10.1. The van der Waals surface area contributed by atoms with E-state index in [4.69, 9.17) is 4.42 Å². The highest BCUT2D eigenvalue weighted by Crippen LogP contribution is 2.23. The van der Waals surface area contributed by atoms with E-state index in [9.17, 15) is 4.79 Å². The molecule has 4 nitrogen and oxygen atoms in total. The summed E-state index contributed by atoms with van der Waals surface area (Å²) in [5.41, 5.74) is 0.865. The molecular weight excluding hydrogens is 300 g/mol. The van der Waals surface area contributed by atoms with Crippen LogP contribution in [0.2, 0.25) is 0 Å². The number of fused-ring (bicyclic) bond motifs is 1. The number of amides is 1. The van der Waals surface area contributed by atoms with E-state index in [1.807, 2.05) is 37.3 Å². The van der Waals surface area contributed by atoms with Crippen molar-refractivity contribution in [1.82, 2.24) is 10.6 Å². The first-order chi connectivity index (χ1) is 10.2. The van der Waals surface area contributed by atoms with Crippen molar-refractivity contribution in [2.75, 3.05) is 6.54 Å². The van der Waals surface area contributed by atoms with Gasteiger partial charge in [-0.05, 0) is 44.9 Å². The van der Waals surface area contributed by atoms with Crippen LogP contribution in [0, 0.1) is 0 Å². The van der Waals surface area contributed by atoms with Crippen LogP contribution in [0.15, 0.2) is 34.7 Å². The summed E-state index contributed by atoms with van der Waals surface area (Å²) in [4.78, 5) is 12.0. The fraction of sp³-hybridized carbons (Fsp3) is 0.471. The van der Waals surface area contributed by atoms with Crippen molar-refractivity contribution in [2.24, 2.45) is 0 Å². The average Bonchev–Trinajstić information content (AvgIpc) is 3.14. The summed E-state index contributed by atoms with van der Waals surface area (Å²) in [6.07, 6.45) is 3.90. The van der Waals surface area contributed by atoms with Crippen LogP contribution in [0.5, 0.6) is 0 Å². The summed E-state index contributed by atoms with van der Waals surface area (Å²) in [5, 5.41) is 7.51. The molecule has 1 aliphatic heterocycles. The van der Waals surface area contributed by atoms with Crippen molar-refractivity contribution in [2.45, 2.75) is 44.7 Å². The van der Waals surface area contributed by atoms with Crippen LogP contribution in [0.1, 0.15) is 44.4 Å². The van der Waals surface area contributed by atoms with Gasteiger partial charge in [0.15, 0.2) is 0 Å². The fourth-order valence-corrected chi connectivity index (χ4v) is 2.91. The van der Waals surface area contributed by atoms with E-state index in [0.717, 1.165) is 29.7 Å². The molecule has 2 aromatic rings. The average molecular weight is 323 g/mol. The minimum atomic E-state index is -0.0959. The molecule has 1 aromatic carbocycles. The number of carbonyl (C=O) groups excluding carboxylic acids is 1. The molecule has 0 aliphatic carbocycles. The Hall–Kier alpha value is -1.52. The first-order valence-electron chi connectivity index (χ1n) is 7.73. The van der Waals surface area contributed by atoms with Crippen LogP contribution in [0.3, 0.4) is 0 Å². The lowest BCUT2D eigenvalue weighted by Crippen LogP contribution is -2.29. The van der Waals surface area contributed by atoms with Crippen LogP contribution in [-0.2, 0) is 4.79 Å². The highest BCUT2D eigenvalue weighted by atomic mass is 35.5. The predicted molar refractivity (Wildman–Crippen MR) is 90.3 cm³/mol. The maximum atomic E-state index is 12.0. The van der Waals surface area contributed by atoms with Crippen molar-refractivity contribution in [3.05, 3.63) is 36.1 Å². The van der Waals surface area contributed by atoms with Gasteiger partial charge in [-0.2, -0.15) is 0 Å². The lowest BCUT2D eigenvalue weighted by Gasteiger charge is -2.13. The van der Waals surface area contributed by atoms with Gasteiger partial charge in [-0.3, -0.25) is 4.79 Å². The van der Waals surface area contributed by atoms with E-state index >= 15 is 0 Å². The van der Waals surface area contributed by atoms with Crippen LogP contribution in [0.25, 0.3) is 11.0 Å². The molecule has 22 heavy (non-hydrogen) atoms. The molecule has 2 unspecified atom stereocenters. The number of furan rings is 1. The zero-order chi connectivity index (χ0) is 14.7. The molecule has 0 bridgehead atoms. The number of carbonyl (C=O) groups is 1. The van der Waals surface area contributed by atoms with Gasteiger partial charge in [0.25, 0.3) is 0 Å². The fourth-order valence-electron chi connectivity index (χ4n) is 2.91. The number of hydrogen-bond acceptors (Lipinski definition) is 3. The summed E-state index contributed by atoms with van der Waals surface area (Å²) >= 11 is 0. The van der Waals surface area contributed by atoms with Crippen LogP contribution in [0.4, 0.5) is 0 Å². The highest BCUT2D eigenvalue weighted by molar-refractivity contribution is 5.85. The summed E-state index contributed by atoms with van der Waals surface area (Å²) < 4.78 is 5.78. The Morgan fingerprint density at radius 2 is 2.27 bits per heavy atom. The lowest BCUT2D eigenvalue weighted by molar-refractivity contribution is -0.122. The van der Waals surface area contributed by atoms with Gasteiger partial charge in [0, 0.05) is 17.8 Å². The van der Waals surface area contributed by atoms with E-state index in [1.165, 1.54) is 12.8 Å². The molecule has 1 saturated heterocycles. The van der Waals surface area contributed by atoms with Crippen LogP contribution >= 0.6 is 12.4 Å². The largest absolute Gasteiger partial charge is 0.459 e. The highest BCUT2D eigenvalue weighted by Gasteiger charge is 2.17. The number of benzene rings is 1. The summed E-state index contributed by atoms with van der Waals surface area (Å²) in [6, 6.07) is 10.3. The molecule has 1 aromatic heterocycles. The molecule has 2 atom stereocenters. The van der Waals surface area contributed by atoms with Crippen molar-refractivity contribution in [1.29, 1.82) is 0 Å². The topological polar surface area (TPSA) is 54.3 Å². The quantitative estimate of drug-likeness (QED) is 0.885. The first-order valence-corrected chi connectivity index (χ1v) is 7.73. The monoisotopic (exact) mass is 322 g/mol. The number of hydrogen-bond donors (Lipinski definition) is 2. The van der Waals surface area contributed by atoms with Crippen LogP contribution < -0.4 is 10.6 Å². The number of rotatable bonds is 5. The summed E-state index contributed by atoms with van der Waals surface area (Å²) in [5.74, 6) is 0.903. The molecule has 1 fully saturated rings. The smallest absolute Gasteiger partial charge is 0.220 e. The molecule has 0 saturated carbocycles. The van der Waals surface area contributed by atoms with Crippen molar-refractivity contribution in [3.8, 4) is 0 Å². The summed E-state index contributed by atoms with van der Waals surface area (Å²) in [6.45, 7) is 3.05. The van der Waals surface area contributed by atoms with Gasteiger partial charge in [0.2, 0.25) is 5.91 Å². The summed E-state index contributed by atoms with van der Waals surface area (Å²) in [7, 11) is 0. The van der Waals surface area contributed by atoms with Gasteiger partial charge in [0.05, 0.1) is 6.04 Å². The molecular formula is C17H23ClN2O2. The number of nitrogens with one attached hydrogen (secondary N) is 2. The molecule has 2 N–H and O–H groups in total. The van der Waals surface area contributed by atoms with E-state index in [1.54, 1.807) is 0 Å². The Kier molecular flexibility index (Phi) is 5.86. The molecule has 2 heterocycles. The predicted octanol–water partition coefficient (Wildman–Crippen LogP) is 3.56. The molecule has 1 amide bonds. The molecule has 0 spiro atoms. The molecule has 120 valence electrons. The Balaban J connectivity index is 0.00000176. The van der Waals surface area contributed by atoms with E-state index in [2.05, 4.69) is 10.6 Å². The van der Waals surface area contributed by atoms with Gasteiger partial charge in [-0.15, -0.1) is 12.4 Å². The molecule has 5 heteroatoms. The van der Waals surface area contributed by atoms with Gasteiger partial charge >= 0.3 is 0 Å². The third kappa shape index (κ3) is 4.02.